The van der Waals surface area contributed by atoms with E-state index in [4.69, 9.17) is 4.74 Å². The second-order valence-electron chi connectivity index (χ2n) is 7.28. The number of hydrogen-bond donors (Lipinski definition) is 3. The zero-order chi connectivity index (χ0) is 19.0. The van der Waals surface area contributed by atoms with Crippen LogP contribution in [0.25, 0.3) is 11.3 Å². The molecule has 0 amide bonds. The van der Waals surface area contributed by atoms with Crippen molar-refractivity contribution in [1.29, 1.82) is 0 Å². The molecule has 1 aromatic carbocycles. The molecule has 0 aliphatic carbocycles. The second kappa shape index (κ2) is 11.3. The highest BCUT2D eigenvalue weighted by atomic mass is 127. The fraction of sp³-hybridized carbons (Fsp3) is 0.500. The largest absolute Gasteiger partial charge is 0.379 e. The summed E-state index contributed by atoms with van der Waals surface area (Å²) in [6, 6.07) is 10.2. The van der Waals surface area contributed by atoms with Gasteiger partial charge in [-0.25, -0.2) is 9.98 Å². The minimum Gasteiger partial charge on any atom is -0.379 e. The molecule has 1 aromatic heterocycles. The molecule has 0 spiro atoms. The van der Waals surface area contributed by atoms with Crippen molar-refractivity contribution in [2.45, 2.75) is 40.3 Å². The van der Waals surface area contributed by atoms with Gasteiger partial charge in [-0.1, -0.05) is 51.1 Å². The van der Waals surface area contributed by atoms with E-state index in [-0.39, 0.29) is 35.5 Å². The molecule has 0 bridgehead atoms. The highest BCUT2D eigenvalue weighted by Crippen LogP contribution is 2.21. The number of ether oxygens (including phenoxy) is 1. The van der Waals surface area contributed by atoms with Crippen molar-refractivity contribution in [3.8, 4) is 11.3 Å². The van der Waals surface area contributed by atoms with Crippen molar-refractivity contribution in [2.75, 3.05) is 20.2 Å². The average molecular weight is 485 g/mol. The first-order valence-electron chi connectivity index (χ1n) is 9.08. The number of methoxy groups -OCH3 is 1. The van der Waals surface area contributed by atoms with E-state index in [2.05, 4.69) is 65.4 Å². The first-order valence-corrected chi connectivity index (χ1v) is 9.08. The summed E-state index contributed by atoms with van der Waals surface area (Å²) in [5.41, 5.74) is 2.18. The molecule has 0 radical (unpaired) electrons. The van der Waals surface area contributed by atoms with Crippen LogP contribution in [0.4, 0.5) is 0 Å². The van der Waals surface area contributed by atoms with Crippen LogP contribution in [0.15, 0.2) is 41.5 Å². The number of aromatic nitrogens is 2. The van der Waals surface area contributed by atoms with Crippen LogP contribution in [-0.4, -0.2) is 42.2 Å². The van der Waals surface area contributed by atoms with Crippen molar-refractivity contribution in [2.24, 2.45) is 10.4 Å². The molecule has 0 aliphatic rings. The molecule has 150 valence electrons. The highest BCUT2D eigenvalue weighted by Gasteiger charge is 2.24. The van der Waals surface area contributed by atoms with Crippen molar-refractivity contribution in [1.82, 2.24) is 20.6 Å². The Balaban J connectivity index is 0.00000364. The van der Waals surface area contributed by atoms with E-state index < -0.39 is 0 Å². The number of nitrogens with zero attached hydrogens (tertiary/aromatic N) is 2. The molecule has 2 rings (SSSR count). The summed E-state index contributed by atoms with van der Waals surface area (Å²) in [5.74, 6) is 1.59. The maximum absolute atomic E-state index is 5.59. The van der Waals surface area contributed by atoms with E-state index in [1.54, 1.807) is 7.11 Å². The Hall–Kier alpha value is -1.61. The number of imidazole rings is 1. The summed E-state index contributed by atoms with van der Waals surface area (Å²) < 4.78 is 5.59. The monoisotopic (exact) mass is 485 g/mol. The SMILES string of the molecule is CCNC(=NCc1ncc(-c2ccccc2)[nH]1)NCC(OC)C(C)(C)C.I. The predicted molar refractivity (Wildman–Crippen MR) is 123 cm³/mol. The van der Waals surface area contributed by atoms with Gasteiger partial charge in [-0.05, 0) is 17.9 Å². The van der Waals surface area contributed by atoms with E-state index in [0.717, 1.165) is 29.6 Å². The number of benzene rings is 1. The van der Waals surface area contributed by atoms with Gasteiger partial charge in [0, 0.05) is 20.2 Å². The average Bonchev–Trinajstić information content (AvgIpc) is 3.08. The molecular weight excluding hydrogens is 453 g/mol. The topological polar surface area (TPSA) is 74.3 Å². The van der Waals surface area contributed by atoms with Crippen LogP contribution in [-0.2, 0) is 11.3 Å². The third-order valence-electron chi connectivity index (χ3n) is 4.15. The summed E-state index contributed by atoms with van der Waals surface area (Å²) in [6.07, 6.45) is 1.95. The Bertz CT molecular complexity index is 694. The van der Waals surface area contributed by atoms with Gasteiger partial charge in [0.15, 0.2) is 5.96 Å². The molecule has 7 heteroatoms. The summed E-state index contributed by atoms with van der Waals surface area (Å²) in [6.45, 7) is 10.5. The molecule has 6 nitrogen and oxygen atoms in total. The number of H-pyrrole nitrogens is 1. The Morgan fingerprint density at radius 1 is 1.22 bits per heavy atom. The van der Waals surface area contributed by atoms with Crippen LogP contribution in [0.1, 0.15) is 33.5 Å². The van der Waals surface area contributed by atoms with Crippen LogP contribution in [0, 0.1) is 5.41 Å². The Morgan fingerprint density at radius 2 is 1.93 bits per heavy atom. The smallest absolute Gasteiger partial charge is 0.191 e. The van der Waals surface area contributed by atoms with Crippen LogP contribution >= 0.6 is 24.0 Å². The van der Waals surface area contributed by atoms with Gasteiger partial charge in [0.2, 0.25) is 0 Å². The lowest BCUT2D eigenvalue weighted by Crippen LogP contribution is -2.45. The maximum Gasteiger partial charge on any atom is 0.191 e. The second-order valence-corrected chi connectivity index (χ2v) is 7.28. The molecule has 3 N–H and O–H groups in total. The predicted octanol–water partition coefficient (Wildman–Crippen LogP) is 3.81. The van der Waals surface area contributed by atoms with Crippen LogP contribution < -0.4 is 10.6 Å². The lowest BCUT2D eigenvalue weighted by Gasteiger charge is -2.30. The number of rotatable bonds is 7. The number of halogens is 1. The van der Waals surface area contributed by atoms with Crippen molar-refractivity contribution in [3.05, 3.63) is 42.4 Å². The van der Waals surface area contributed by atoms with E-state index in [9.17, 15) is 0 Å². The third kappa shape index (κ3) is 7.50. The summed E-state index contributed by atoms with van der Waals surface area (Å²) in [4.78, 5) is 12.4. The Kier molecular flexibility index (Phi) is 9.79. The van der Waals surface area contributed by atoms with E-state index in [1.807, 2.05) is 24.4 Å². The first kappa shape index (κ1) is 23.4. The number of nitrogens with one attached hydrogen (secondary N) is 3. The van der Waals surface area contributed by atoms with Gasteiger partial charge < -0.3 is 20.4 Å². The van der Waals surface area contributed by atoms with Crippen LogP contribution in [0.2, 0.25) is 0 Å². The van der Waals surface area contributed by atoms with Gasteiger partial charge in [0.05, 0.1) is 18.0 Å². The zero-order valence-electron chi connectivity index (χ0n) is 16.9. The fourth-order valence-corrected chi connectivity index (χ4v) is 2.64. The molecule has 0 aliphatic heterocycles. The molecule has 0 saturated carbocycles. The molecule has 1 unspecified atom stereocenters. The van der Waals surface area contributed by atoms with Crippen molar-refractivity contribution >= 4 is 29.9 Å². The minimum absolute atomic E-state index is 0. The van der Waals surface area contributed by atoms with Gasteiger partial charge in [-0.3, -0.25) is 0 Å². The molecule has 1 heterocycles. The van der Waals surface area contributed by atoms with Gasteiger partial charge in [-0.2, -0.15) is 0 Å². The normalized spacial score (nSPS) is 13.0. The Morgan fingerprint density at radius 3 is 2.52 bits per heavy atom. The molecule has 2 aromatic rings. The maximum atomic E-state index is 5.59. The third-order valence-corrected chi connectivity index (χ3v) is 4.15. The lowest BCUT2D eigenvalue weighted by molar-refractivity contribution is 0.0205. The Labute approximate surface area is 179 Å². The van der Waals surface area contributed by atoms with Crippen molar-refractivity contribution < 1.29 is 4.74 Å². The molecule has 0 fully saturated rings. The number of hydrogen-bond acceptors (Lipinski definition) is 3. The van der Waals surface area contributed by atoms with Gasteiger partial charge in [0.25, 0.3) is 0 Å². The quantitative estimate of drug-likeness (QED) is 0.317. The van der Waals surface area contributed by atoms with Gasteiger partial charge in [-0.15, -0.1) is 24.0 Å². The standard InChI is InChI=1S/C20H31N5O.HI/c1-6-21-19(23-13-17(26-5)20(2,3)4)24-14-18-22-12-16(25-18)15-10-8-7-9-11-15;/h7-12,17H,6,13-14H2,1-5H3,(H,22,25)(H2,21,23,24);1H. The number of aromatic amines is 1. The molecule has 27 heavy (non-hydrogen) atoms. The number of guanidine groups is 1. The highest BCUT2D eigenvalue weighted by molar-refractivity contribution is 14.0. The lowest BCUT2D eigenvalue weighted by atomic mass is 9.89. The minimum atomic E-state index is 0. The molecule has 1 atom stereocenters. The fourth-order valence-electron chi connectivity index (χ4n) is 2.64. The number of aliphatic imine (C=N–C) groups is 1. The van der Waals surface area contributed by atoms with Gasteiger partial charge >= 0.3 is 0 Å². The summed E-state index contributed by atoms with van der Waals surface area (Å²) in [5, 5.41) is 6.62. The van der Waals surface area contributed by atoms with Crippen molar-refractivity contribution in [3.63, 3.8) is 0 Å². The first-order chi connectivity index (χ1) is 12.4. The molecular formula is C20H32IN5O. The van der Waals surface area contributed by atoms with E-state index >= 15 is 0 Å². The zero-order valence-corrected chi connectivity index (χ0v) is 19.2. The van der Waals surface area contributed by atoms with Gasteiger partial charge in [0.1, 0.15) is 12.4 Å². The van der Waals surface area contributed by atoms with Crippen LogP contribution in [0.3, 0.4) is 0 Å². The van der Waals surface area contributed by atoms with Crippen LogP contribution in [0.5, 0.6) is 0 Å². The summed E-state index contributed by atoms with van der Waals surface area (Å²) in [7, 11) is 1.75. The molecule has 0 saturated heterocycles. The summed E-state index contributed by atoms with van der Waals surface area (Å²) >= 11 is 0. The van der Waals surface area contributed by atoms with E-state index in [0.29, 0.717) is 13.1 Å². The van der Waals surface area contributed by atoms with E-state index in [1.165, 1.54) is 0 Å².